The summed E-state index contributed by atoms with van der Waals surface area (Å²) in [6, 6.07) is 13.0. The van der Waals surface area contributed by atoms with Crippen LogP contribution in [-0.4, -0.2) is 33.6 Å². The van der Waals surface area contributed by atoms with Crippen molar-refractivity contribution >= 4 is 21.7 Å². The van der Waals surface area contributed by atoms with Crippen molar-refractivity contribution in [2.45, 2.75) is 31.7 Å². The van der Waals surface area contributed by atoms with E-state index in [-0.39, 0.29) is 18.0 Å². The number of ether oxygens (including phenoxy) is 1. The molecule has 1 unspecified atom stereocenters. The zero-order valence-corrected chi connectivity index (χ0v) is 16.0. The first-order valence-electron chi connectivity index (χ1n) is 8.38. The highest BCUT2D eigenvalue weighted by Crippen LogP contribution is 2.14. The summed E-state index contributed by atoms with van der Waals surface area (Å²) in [6.45, 7) is 5.73. The van der Waals surface area contributed by atoms with Gasteiger partial charge in [-0.25, -0.2) is 8.42 Å². The Balaban J connectivity index is 2.17. The zero-order valence-electron chi connectivity index (χ0n) is 15.2. The molecule has 0 amide bonds. The predicted octanol–water partition coefficient (Wildman–Crippen LogP) is 2.63. The molecule has 7 heteroatoms. The van der Waals surface area contributed by atoms with Gasteiger partial charge >= 0.3 is 5.97 Å². The van der Waals surface area contributed by atoms with Crippen molar-refractivity contribution in [3.8, 4) is 0 Å². The fraction of sp³-hybridized carbons (Fsp3) is 0.316. The van der Waals surface area contributed by atoms with E-state index in [1.54, 1.807) is 19.1 Å². The number of benzene rings is 2. The molecule has 0 fully saturated rings. The van der Waals surface area contributed by atoms with Gasteiger partial charge in [-0.1, -0.05) is 35.9 Å². The number of para-hydroxylation sites is 1. The zero-order chi connectivity index (χ0) is 19.2. The molecule has 0 aromatic heterocycles. The molecule has 0 aliphatic heterocycles. The first kappa shape index (κ1) is 19.9. The summed E-state index contributed by atoms with van der Waals surface area (Å²) in [5.41, 5.74) is 2.78. The van der Waals surface area contributed by atoms with E-state index in [0.29, 0.717) is 0 Å². The van der Waals surface area contributed by atoms with Crippen molar-refractivity contribution < 1.29 is 17.9 Å². The lowest BCUT2D eigenvalue weighted by molar-refractivity contribution is -0.144. The molecule has 0 spiro atoms. The number of hydrogen-bond acceptors (Lipinski definition) is 5. The van der Waals surface area contributed by atoms with Gasteiger partial charge < -0.3 is 10.1 Å². The Bertz CT molecular complexity index is 848. The van der Waals surface area contributed by atoms with Crippen LogP contribution in [0.4, 0.5) is 5.69 Å². The second-order valence-corrected chi connectivity index (χ2v) is 7.65. The van der Waals surface area contributed by atoms with Gasteiger partial charge in [0.2, 0.25) is 10.0 Å². The monoisotopic (exact) mass is 376 g/mol. The fourth-order valence-electron chi connectivity index (χ4n) is 2.37. The van der Waals surface area contributed by atoms with Crippen LogP contribution in [0.25, 0.3) is 0 Å². The number of nitrogens with one attached hydrogen (secondary N) is 2. The Morgan fingerprint density at radius 1 is 1.08 bits per heavy atom. The van der Waals surface area contributed by atoms with Gasteiger partial charge in [-0.05, 0) is 44.5 Å². The fourth-order valence-corrected chi connectivity index (χ4v) is 3.56. The van der Waals surface area contributed by atoms with E-state index in [9.17, 15) is 13.2 Å². The molecule has 0 aliphatic rings. The van der Waals surface area contributed by atoms with Crippen LogP contribution in [0, 0.1) is 13.8 Å². The van der Waals surface area contributed by atoms with E-state index >= 15 is 0 Å². The first-order chi connectivity index (χ1) is 12.3. The molecule has 0 radical (unpaired) electrons. The quantitative estimate of drug-likeness (QED) is 0.692. The van der Waals surface area contributed by atoms with Gasteiger partial charge in [-0.2, -0.15) is 4.72 Å². The molecule has 0 saturated heterocycles. The van der Waals surface area contributed by atoms with Crippen LogP contribution in [-0.2, 0) is 19.6 Å². The lowest BCUT2D eigenvalue weighted by Crippen LogP contribution is -2.46. The van der Waals surface area contributed by atoms with Crippen LogP contribution in [0.3, 0.4) is 0 Å². The summed E-state index contributed by atoms with van der Waals surface area (Å²) in [4.78, 5) is 12.3. The van der Waals surface area contributed by atoms with Crippen molar-refractivity contribution in [1.82, 2.24) is 4.72 Å². The normalized spacial score (nSPS) is 12.4. The number of carbonyl (C=O) groups is 1. The standard InChI is InChI=1S/C19H24N2O4S/c1-4-25-19(22)18(13-20-17-8-6-5-7-15(17)3)21-26(23,24)16-11-9-14(2)10-12-16/h5-12,18,20-21H,4,13H2,1-3H3. The van der Waals surface area contributed by atoms with Gasteiger partial charge in [0.1, 0.15) is 6.04 Å². The number of sulfonamides is 1. The summed E-state index contributed by atoms with van der Waals surface area (Å²) in [7, 11) is -3.84. The molecule has 2 N–H and O–H groups in total. The van der Waals surface area contributed by atoms with Crippen LogP contribution in [0.2, 0.25) is 0 Å². The predicted molar refractivity (Wildman–Crippen MR) is 102 cm³/mol. The number of esters is 1. The Labute approximate surface area is 154 Å². The van der Waals surface area contributed by atoms with Crippen LogP contribution in [0.1, 0.15) is 18.1 Å². The molecule has 2 aromatic carbocycles. The Hall–Kier alpha value is -2.38. The first-order valence-corrected chi connectivity index (χ1v) is 9.87. The second kappa shape index (κ2) is 8.82. The Morgan fingerprint density at radius 3 is 2.35 bits per heavy atom. The molecule has 6 nitrogen and oxygen atoms in total. The highest BCUT2D eigenvalue weighted by atomic mass is 32.2. The highest BCUT2D eigenvalue weighted by Gasteiger charge is 2.26. The average molecular weight is 376 g/mol. The molecule has 0 bridgehead atoms. The Morgan fingerprint density at radius 2 is 1.73 bits per heavy atom. The second-order valence-electron chi connectivity index (χ2n) is 5.93. The van der Waals surface area contributed by atoms with Crippen LogP contribution in [0.5, 0.6) is 0 Å². The molecule has 0 saturated carbocycles. The summed E-state index contributed by atoms with van der Waals surface area (Å²) < 4.78 is 32.6. The topological polar surface area (TPSA) is 84.5 Å². The summed E-state index contributed by atoms with van der Waals surface area (Å²) in [5, 5.41) is 3.11. The van der Waals surface area contributed by atoms with E-state index < -0.39 is 22.0 Å². The van der Waals surface area contributed by atoms with Crippen molar-refractivity contribution in [3.05, 3.63) is 59.7 Å². The van der Waals surface area contributed by atoms with E-state index in [1.807, 2.05) is 38.1 Å². The van der Waals surface area contributed by atoms with Gasteiger partial charge in [0.15, 0.2) is 0 Å². The average Bonchev–Trinajstić information content (AvgIpc) is 2.60. The Kier molecular flexibility index (Phi) is 6.76. The van der Waals surface area contributed by atoms with Crippen molar-refractivity contribution in [3.63, 3.8) is 0 Å². The lowest BCUT2D eigenvalue weighted by atomic mass is 10.2. The smallest absolute Gasteiger partial charge is 0.326 e. The minimum absolute atomic E-state index is 0.0782. The molecule has 2 rings (SSSR count). The van der Waals surface area contributed by atoms with Gasteiger partial charge in [0.05, 0.1) is 11.5 Å². The van der Waals surface area contributed by atoms with Crippen LogP contribution >= 0.6 is 0 Å². The molecule has 140 valence electrons. The summed E-state index contributed by atoms with van der Waals surface area (Å²) in [5.74, 6) is -0.621. The van der Waals surface area contributed by atoms with E-state index in [2.05, 4.69) is 10.0 Å². The van der Waals surface area contributed by atoms with Gasteiger partial charge in [-0.15, -0.1) is 0 Å². The van der Waals surface area contributed by atoms with Crippen molar-refractivity contribution in [2.75, 3.05) is 18.5 Å². The number of aryl methyl sites for hydroxylation is 2. The third-order valence-electron chi connectivity index (χ3n) is 3.84. The minimum Gasteiger partial charge on any atom is -0.465 e. The molecule has 0 heterocycles. The molecular formula is C19H24N2O4S. The largest absolute Gasteiger partial charge is 0.465 e. The maximum atomic E-state index is 12.6. The SMILES string of the molecule is CCOC(=O)C(CNc1ccccc1C)NS(=O)(=O)c1ccc(C)cc1. The molecule has 0 aliphatic carbocycles. The lowest BCUT2D eigenvalue weighted by Gasteiger charge is -2.19. The molecular weight excluding hydrogens is 352 g/mol. The van der Waals surface area contributed by atoms with Crippen molar-refractivity contribution in [1.29, 1.82) is 0 Å². The van der Waals surface area contributed by atoms with Crippen LogP contribution < -0.4 is 10.0 Å². The minimum atomic E-state index is -3.84. The third-order valence-corrected chi connectivity index (χ3v) is 5.33. The van der Waals surface area contributed by atoms with E-state index in [4.69, 9.17) is 4.74 Å². The summed E-state index contributed by atoms with van der Waals surface area (Å²) in [6.07, 6.45) is 0. The van der Waals surface area contributed by atoms with Crippen LogP contribution in [0.15, 0.2) is 53.4 Å². The number of hydrogen-bond donors (Lipinski definition) is 2. The van der Waals surface area contributed by atoms with Gasteiger partial charge in [0, 0.05) is 12.2 Å². The number of carbonyl (C=O) groups excluding carboxylic acids is 1. The number of rotatable bonds is 8. The maximum Gasteiger partial charge on any atom is 0.326 e. The number of anilines is 1. The van der Waals surface area contributed by atoms with Crippen molar-refractivity contribution in [2.24, 2.45) is 0 Å². The molecule has 1 atom stereocenters. The third kappa shape index (κ3) is 5.31. The molecule has 26 heavy (non-hydrogen) atoms. The maximum absolute atomic E-state index is 12.6. The summed E-state index contributed by atoms with van der Waals surface area (Å²) >= 11 is 0. The van der Waals surface area contributed by atoms with Gasteiger partial charge in [0.25, 0.3) is 0 Å². The van der Waals surface area contributed by atoms with E-state index in [0.717, 1.165) is 16.8 Å². The highest BCUT2D eigenvalue weighted by molar-refractivity contribution is 7.89. The molecule has 2 aromatic rings. The van der Waals surface area contributed by atoms with E-state index in [1.165, 1.54) is 12.1 Å². The van der Waals surface area contributed by atoms with Gasteiger partial charge in [-0.3, -0.25) is 4.79 Å².